The molecule has 66 valence electrons. The molecule has 1 aromatic heterocycles. The number of nitrogens with one attached hydrogen (secondary N) is 1. The van der Waals surface area contributed by atoms with Crippen molar-refractivity contribution in [2.45, 2.75) is 6.23 Å². The summed E-state index contributed by atoms with van der Waals surface area (Å²) in [6.07, 6.45) is 4.06. The van der Waals surface area contributed by atoms with E-state index in [4.69, 9.17) is 0 Å². The van der Waals surface area contributed by atoms with Crippen LogP contribution < -0.4 is 5.43 Å². The van der Waals surface area contributed by atoms with E-state index in [2.05, 4.69) is 20.7 Å². The van der Waals surface area contributed by atoms with Gasteiger partial charge >= 0.3 is 0 Å². The highest BCUT2D eigenvalue weighted by Gasteiger charge is 2.07. The Balaban J connectivity index is 2.32. The summed E-state index contributed by atoms with van der Waals surface area (Å²) in [7, 11) is 0. The fraction of sp³-hybridized carbons (Fsp3) is 0.125. The first kappa shape index (κ1) is 7.88. The second-order valence-corrected chi connectivity index (χ2v) is 2.56. The molecule has 5 nitrogen and oxygen atoms in total. The minimum atomic E-state index is -0.748. The normalized spacial score (nSPS) is 20.7. The molecule has 0 fully saturated rings. The van der Waals surface area contributed by atoms with Crippen molar-refractivity contribution < 1.29 is 5.11 Å². The second-order valence-electron chi connectivity index (χ2n) is 2.56. The van der Waals surface area contributed by atoms with Crippen molar-refractivity contribution in [1.82, 2.24) is 15.6 Å². The molecule has 0 saturated carbocycles. The first-order valence-corrected chi connectivity index (χ1v) is 3.83. The summed E-state index contributed by atoms with van der Waals surface area (Å²) in [5, 5.41) is 20.6. The largest absolute Gasteiger partial charge is 0.369 e. The average molecular weight is 176 g/mol. The van der Waals surface area contributed by atoms with Gasteiger partial charge in [-0.3, -0.25) is 5.43 Å². The van der Waals surface area contributed by atoms with Crippen LogP contribution in [0.1, 0.15) is 5.69 Å². The van der Waals surface area contributed by atoms with Crippen LogP contribution in [0.15, 0.2) is 29.5 Å². The molecule has 0 bridgehead atoms. The lowest BCUT2D eigenvalue weighted by molar-refractivity contribution is 0.186. The van der Waals surface area contributed by atoms with Gasteiger partial charge in [0.05, 0.1) is 11.9 Å². The van der Waals surface area contributed by atoms with Crippen LogP contribution in [0.5, 0.6) is 0 Å². The molecular weight excluding hydrogens is 168 g/mol. The molecule has 1 aromatic rings. The zero-order valence-corrected chi connectivity index (χ0v) is 6.75. The molecule has 5 heteroatoms. The third kappa shape index (κ3) is 1.70. The van der Waals surface area contributed by atoms with Crippen LogP contribution in [0, 0.1) is 0 Å². The Bertz CT molecular complexity index is 346. The van der Waals surface area contributed by atoms with Crippen molar-refractivity contribution in [3.8, 4) is 0 Å². The molecule has 13 heavy (non-hydrogen) atoms. The molecule has 0 radical (unpaired) electrons. The van der Waals surface area contributed by atoms with Gasteiger partial charge in [-0.2, -0.15) is 15.3 Å². The highest BCUT2D eigenvalue weighted by atomic mass is 16.3. The van der Waals surface area contributed by atoms with Crippen molar-refractivity contribution in [2.24, 2.45) is 5.10 Å². The molecule has 0 saturated heterocycles. The summed E-state index contributed by atoms with van der Waals surface area (Å²) < 4.78 is 0. The summed E-state index contributed by atoms with van der Waals surface area (Å²) in [6, 6.07) is 3.59. The zero-order chi connectivity index (χ0) is 9.10. The monoisotopic (exact) mass is 176 g/mol. The first-order chi connectivity index (χ1) is 6.36. The maximum Gasteiger partial charge on any atom is 0.159 e. The van der Waals surface area contributed by atoms with E-state index in [1.54, 1.807) is 24.6 Å². The lowest BCUT2D eigenvalue weighted by Gasteiger charge is -2.11. The smallest absolute Gasteiger partial charge is 0.159 e. The van der Waals surface area contributed by atoms with Crippen LogP contribution in [0.25, 0.3) is 5.57 Å². The predicted octanol–water partition coefficient (Wildman–Crippen LogP) is -0.233. The molecule has 2 N–H and O–H groups in total. The maximum absolute atomic E-state index is 9.19. The van der Waals surface area contributed by atoms with E-state index in [1.165, 1.54) is 0 Å². The van der Waals surface area contributed by atoms with Crippen LogP contribution in [0.4, 0.5) is 0 Å². The first-order valence-electron chi connectivity index (χ1n) is 3.83. The third-order valence-corrected chi connectivity index (χ3v) is 1.62. The number of aliphatic hydroxyl groups excluding tert-OH is 1. The summed E-state index contributed by atoms with van der Waals surface area (Å²) >= 11 is 0. The minimum Gasteiger partial charge on any atom is -0.369 e. The highest BCUT2D eigenvalue weighted by molar-refractivity contribution is 6.09. The molecule has 1 aliphatic heterocycles. The van der Waals surface area contributed by atoms with Gasteiger partial charge in [-0.25, -0.2) is 0 Å². The van der Waals surface area contributed by atoms with Gasteiger partial charge in [0.1, 0.15) is 0 Å². The molecule has 2 heterocycles. The quantitative estimate of drug-likeness (QED) is 0.620. The predicted molar refractivity (Wildman–Crippen MR) is 47.6 cm³/mol. The lowest BCUT2D eigenvalue weighted by Crippen LogP contribution is -2.25. The van der Waals surface area contributed by atoms with Gasteiger partial charge in [-0.15, -0.1) is 0 Å². The van der Waals surface area contributed by atoms with Crippen LogP contribution in [0.2, 0.25) is 0 Å². The summed E-state index contributed by atoms with van der Waals surface area (Å²) in [4.78, 5) is 0. The molecule has 0 aromatic carbocycles. The maximum atomic E-state index is 9.19. The Labute approximate surface area is 74.8 Å². The van der Waals surface area contributed by atoms with E-state index in [9.17, 15) is 5.11 Å². The third-order valence-electron chi connectivity index (χ3n) is 1.62. The Morgan fingerprint density at radius 1 is 1.46 bits per heavy atom. The van der Waals surface area contributed by atoms with Crippen molar-refractivity contribution in [3.63, 3.8) is 0 Å². The van der Waals surface area contributed by atoms with Crippen LogP contribution in [-0.4, -0.2) is 27.7 Å². The summed E-state index contributed by atoms with van der Waals surface area (Å²) in [5.41, 5.74) is 3.95. The second kappa shape index (κ2) is 3.32. The minimum absolute atomic E-state index is 0.701. The van der Waals surface area contributed by atoms with E-state index in [0.717, 1.165) is 5.57 Å². The number of allylic oxidation sites excluding steroid dienone is 1. The van der Waals surface area contributed by atoms with E-state index < -0.39 is 6.23 Å². The molecule has 1 unspecified atom stereocenters. The van der Waals surface area contributed by atoms with Crippen LogP contribution in [0.3, 0.4) is 0 Å². The number of rotatable bonds is 1. The van der Waals surface area contributed by atoms with E-state index in [0.29, 0.717) is 5.69 Å². The molecular formula is C8H8N4O. The molecule has 0 spiro atoms. The summed E-state index contributed by atoms with van der Waals surface area (Å²) in [5.74, 6) is 0. The number of hydrogen-bond donors (Lipinski definition) is 2. The van der Waals surface area contributed by atoms with Gasteiger partial charge in [-0.05, 0) is 18.2 Å². The van der Waals surface area contributed by atoms with Gasteiger partial charge in [-0.1, -0.05) is 0 Å². The van der Waals surface area contributed by atoms with E-state index >= 15 is 0 Å². The van der Waals surface area contributed by atoms with Crippen molar-refractivity contribution in [3.05, 3.63) is 30.1 Å². The lowest BCUT2D eigenvalue weighted by atomic mass is 10.1. The topological polar surface area (TPSA) is 70.4 Å². The van der Waals surface area contributed by atoms with Gasteiger partial charge in [0.2, 0.25) is 0 Å². The van der Waals surface area contributed by atoms with Crippen LogP contribution in [-0.2, 0) is 0 Å². The van der Waals surface area contributed by atoms with Crippen molar-refractivity contribution in [1.29, 1.82) is 0 Å². The van der Waals surface area contributed by atoms with Crippen molar-refractivity contribution in [2.75, 3.05) is 0 Å². The SMILES string of the molecule is OC1C=C(c2cccnn2)C=NN1. The number of aromatic nitrogens is 2. The molecule has 0 amide bonds. The number of aliphatic hydroxyl groups is 1. The molecule has 1 aliphatic rings. The standard InChI is InChI=1S/C8H8N4O/c13-8-4-6(5-10-12-8)7-2-1-3-9-11-7/h1-5,8,12-13H. The van der Waals surface area contributed by atoms with Gasteiger partial charge in [0.15, 0.2) is 6.23 Å². The van der Waals surface area contributed by atoms with Gasteiger partial charge in [0.25, 0.3) is 0 Å². The van der Waals surface area contributed by atoms with E-state index in [-0.39, 0.29) is 0 Å². The van der Waals surface area contributed by atoms with E-state index in [1.807, 2.05) is 6.07 Å². The fourth-order valence-corrected chi connectivity index (χ4v) is 1.04. The molecule has 2 rings (SSSR count). The number of hydrogen-bond acceptors (Lipinski definition) is 5. The summed E-state index contributed by atoms with van der Waals surface area (Å²) in [6.45, 7) is 0. The van der Waals surface area contributed by atoms with Crippen molar-refractivity contribution >= 4 is 11.8 Å². The van der Waals surface area contributed by atoms with Gasteiger partial charge in [0, 0.05) is 11.8 Å². The Hall–Kier alpha value is -1.75. The Kier molecular flexibility index (Phi) is 2.01. The Morgan fingerprint density at radius 2 is 2.38 bits per heavy atom. The van der Waals surface area contributed by atoms with Gasteiger partial charge < -0.3 is 5.11 Å². The number of nitrogens with zero attached hydrogens (tertiary/aromatic N) is 3. The zero-order valence-electron chi connectivity index (χ0n) is 6.75. The number of hydrazone groups is 1. The Morgan fingerprint density at radius 3 is 3.08 bits per heavy atom. The fourth-order valence-electron chi connectivity index (χ4n) is 1.04. The molecule has 1 atom stereocenters. The average Bonchev–Trinajstić information content (AvgIpc) is 2.19. The highest BCUT2D eigenvalue weighted by Crippen LogP contribution is 2.10. The molecule has 0 aliphatic carbocycles. The van der Waals surface area contributed by atoms with Crippen LogP contribution >= 0.6 is 0 Å².